The van der Waals surface area contributed by atoms with Gasteiger partial charge in [-0.3, -0.25) is 0 Å². The van der Waals surface area contributed by atoms with E-state index >= 15 is 0 Å². The maximum atomic E-state index is 9.47. The zero-order valence-corrected chi connectivity index (χ0v) is 10.7. The Bertz CT molecular complexity index is 707. The number of benzene rings is 2. The third-order valence-electron chi connectivity index (χ3n) is 2.89. The fourth-order valence-electron chi connectivity index (χ4n) is 1.96. The van der Waals surface area contributed by atoms with E-state index in [1.807, 2.05) is 47.1 Å². The molecule has 3 rings (SSSR count). The summed E-state index contributed by atoms with van der Waals surface area (Å²) in [6.45, 7) is 0. The molecule has 19 heavy (non-hydrogen) atoms. The maximum absolute atomic E-state index is 9.47. The molecule has 0 atom stereocenters. The van der Waals surface area contributed by atoms with Gasteiger partial charge in [-0.15, -0.1) is 0 Å². The minimum absolute atomic E-state index is 0.0798. The van der Waals surface area contributed by atoms with Crippen molar-refractivity contribution in [3.05, 3.63) is 65.8 Å². The topological polar surface area (TPSA) is 38.1 Å². The Morgan fingerprint density at radius 1 is 1.00 bits per heavy atom. The number of rotatable bonds is 2. The smallest absolute Gasteiger partial charge is 0.134 e. The number of para-hydroxylation sites is 1. The van der Waals surface area contributed by atoms with E-state index in [0.29, 0.717) is 5.02 Å². The van der Waals surface area contributed by atoms with Crippen LogP contribution in [0.2, 0.25) is 5.02 Å². The average Bonchev–Trinajstić information content (AvgIpc) is 2.92. The van der Waals surface area contributed by atoms with Crippen molar-refractivity contribution in [3.8, 4) is 22.7 Å². The molecule has 0 aliphatic carbocycles. The average molecular weight is 271 g/mol. The van der Waals surface area contributed by atoms with Crippen LogP contribution in [-0.2, 0) is 0 Å². The molecule has 0 aliphatic rings. The molecule has 0 saturated carbocycles. The first-order valence-electron chi connectivity index (χ1n) is 5.84. The van der Waals surface area contributed by atoms with Gasteiger partial charge in [0.1, 0.15) is 5.75 Å². The third-order valence-corrected chi connectivity index (χ3v) is 3.19. The van der Waals surface area contributed by atoms with Gasteiger partial charge in [0.2, 0.25) is 0 Å². The minimum Gasteiger partial charge on any atom is -0.506 e. The summed E-state index contributed by atoms with van der Waals surface area (Å²) >= 11 is 5.95. The highest BCUT2D eigenvalue weighted by Crippen LogP contribution is 2.30. The van der Waals surface area contributed by atoms with Crippen LogP contribution in [0, 0.1) is 0 Å². The predicted octanol–water partition coefficient (Wildman–Crippen LogP) is 3.90. The molecule has 0 amide bonds. The summed E-state index contributed by atoms with van der Waals surface area (Å²) in [6.07, 6.45) is 1.74. The van der Waals surface area contributed by atoms with Crippen molar-refractivity contribution < 1.29 is 5.11 Å². The molecule has 0 aliphatic heterocycles. The van der Waals surface area contributed by atoms with Crippen LogP contribution < -0.4 is 0 Å². The quantitative estimate of drug-likeness (QED) is 0.767. The Morgan fingerprint density at radius 3 is 2.53 bits per heavy atom. The molecule has 0 bridgehead atoms. The highest BCUT2D eigenvalue weighted by atomic mass is 35.5. The first-order valence-corrected chi connectivity index (χ1v) is 6.22. The molecule has 1 N–H and O–H groups in total. The van der Waals surface area contributed by atoms with Gasteiger partial charge in [0.25, 0.3) is 0 Å². The molecular formula is C15H11ClN2O. The van der Waals surface area contributed by atoms with Crippen molar-refractivity contribution in [2.45, 2.75) is 0 Å². The van der Waals surface area contributed by atoms with Crippen LogP contribution >= 0.6 is 11.6 Å². The van der Waals surface area contributed by atoms with Crippen LogP contribution in [0.3, 0.4) is 0 Å². The number of hydrogen-bond donors (Lipinski definition) is 1. The molecule has 94 valence electrons. The fraction of sp³-hybridized carbons (Fsp3) is 0. The molecule has 0 fully saturated rings. The number of hydrogen-bond acceptors (Lipinski definition) is 2. The monoisotopic (exact) mass is 270 g/mol. The SMILES string of the molecule is Oc1ccc(-c2ccnn2-c2ccccc2)cc1Cl. The predicted molar refractivity (Wildman–Crippen MR) is 75.7 cm³/mol. The van der Waals surface area contributed by atoms with E-state index in [4.69, 9.17) is 11.6 Å². The molecule has 0 unspecified atom stereocenters. The second kappa shape index (κ2) is 4.78. The lowest BCUT2D eigenvalue weighted by Gasteiger charge is -2.08. The van der Waals surface area contributed by atoms with Crippen molar-refractivity contribution in [1.29, 1.82) is 0 Å². The summed E-state index contributed by atoms with van der Waals surface area (Å²) < 4.78 is 1.84. The van der Waals surface area contributed by atoms with Crippen LogP contribution in [0.5, 0.6) is 5.75 Å². The summed E-state index contributed by atoms with van der Waals surface area (Å²) in [5, 5.41) is 14.1. The second-order valence-corrected chi connectivity index (χ2v) is 4.54. The molecule has 0 radical (unpaired) electrons. The Balaban J connectivity index is 2.12. The van der Waals surface area contributed by atoms with Gasteiger partial charge in [0, 0.05) is 5.56 Å². The van der Waals surface area contributed by atoms with E-state index in [0.717, 1.165) is 16.9 Å². The third kappa shape index (κ3) is 2.20. The fourth-order valence-corrected chi connectivity index (χ4v) is 2.14. The van der Waals surface area contributed by atoms with Crippen LogP contribution in [0.25, 0.3) is 16.9 Å². The summed E-state index contributed by atoms with van der Waals surface area (Å²) in [4.78, 5) is 0. The van der Waals surface area contributed by atoms with E-state index in [9.17, 15) is 5.11 Å². The number of phenols is 1. The molecule has 1 heterocycles. The van der Waals surface area contributed by atoms with E-state index in [1.165, 1.54) is 0 Å². The Labute approximate surface area is 115 Å². The lowest BCUT2D eigenvalue weighted by atomic mass is 10.1. The summed E-state index contributed by atoms with van der Waals surface area (Å²) in [7, 11) is 0. The van der Waals surface area contributed by atoms with Gasteiger partial charge < -0.3 is 5.11 Å². The lowest BCUT2D eigenvalue weighted by molar-refractivity contribution is 0.475. The van der Waals surface area contributed by atoms with Gasteiger partial charge in [-0.25, -0.2) is 4.68 Å². The van der Waals surface area contributed by atoms with Crippen molar-refractivity contribution in [2.75, 3.05) is 0 Å². The van der Waals surface area contributed by atoms with Crippen molar-refractivity contribution in [1.82, 2.24) is 9.78 Å². The summed E-state index contributed by atoms with van der Waals surface area (Å²) in [5.74, 6) is 0.0798. The zero-order valence-electron chi connectivity index (χ0n) is 9.99. The molecule has 2 aromatic carbocycles. The van der Waals surface area contributed by atoms with Gasteiger partial charge in [-0.2, -0.15) is 5.10 Å². The number of aromatic nitrogens is 2. The maximum Gasteiger partial charge on any atom is 0.134 e. The van der Waals surface area contributed by atoms with E-state index in [1.54, 1.807) is 18.3 Å². The molecule has 3 nitrogen and oxygen atoms in total. The highest BCUT2D eigenvalue weighted by molar-refractivity contribution is 6.32. The number of nitrogens with zero attached hydrogens (tertiary/aromatic N) is 2. The largest absolute Gasteiger partial charge is 0.506 e. The Hall–Kier alpha value is -2.26. The van der Waals surface area contributed by atoms with Crippen molar-refractivity contribution in [3.63, 3.8) is 0 Å². The van der Waals surface area contributed by atoms with Crippen molar-refractivity contribution >= 4 is 11.6 Å². The zero-order chi connectivity index (χ0) is 13.2. The van der Waals surface area contributed by atoms with Crippen LogP contribution in [-0.4, -0.2) is 14.9 Å². The standard InChI is InChI=1S/C15H11ClN2O/c16-13-10-11(6-7-15(13)19)14-8-9-17-18(14)12-4-2-1-3-5-12/h1-10,19H. The van der Waals surface area contributed by atoms with Gasteiger partial charge in [0.05, 0.1) is 22.6 Å². The summed E-state index contributed by atoms with van der Waals surface area (Å²) in [6, 6.07) is 16.9. The normalized spacial score (nSPS) is 10.6. The first-order chi connectivity index (χ1) is 9.25. The molecule has 1 aromatic heterocycles. The van der Waals surface area contributed by atoms with Crippen LogP contribution in [0.4, 0.5) is 0 Å². The number of aromatic hydroxyl groups is 1. The van der Waals surface area contributed by atoms with E-state index in [-0.39, 0.29) is 5.75 Å². The lowest BCUT2D eigenvalue weighted by Crippen LogP contribution is -1.98. The van der Waals surface area contributed by atoms with Gasteiger partial charge >= 0.3 is 0 Å². The molecule has 0 spiro atoms. The van der Waals surface area contributed by atoms with Gasteiger partial charge in [-0.1, -0.05) is 29.8 Å². The Kier molecular flexibility index (Phi) is 2.97. The molecular weight excluding hydrogens is 260 g/mol. The van der Waals surface area contributed by atoms with Crippen LogP contribution in [0.1, 0.15) is 0 Å². The van der Waals surface area contributed by atoms with Crippen LogP contribution in [0.15, 0.2) is 60.8 Å². The second-order valence-electron chi connectivity index (χ2n) is 4.13. The van der Waals surface area contributed by atoms with Gasteiger partial charge in [0.15, 0.2) is 0 Å². The van der Waals surface area contributed by atoms with Crippen molar-refractivity contribution in [2.24, 2.45) is 0 Å². The molecule has 3 aromatic rings. The number of phenolic OH excluding ortho intramolecular Hbond substituents is 1. The van der Waals surface area contributed by atoms with E-state index in [2.05, 4.69) is 5.10 Å². The first kappa shape index (κ1) is 11.8. The Morgan fingerprint density at radius 2 is 1.79 bits per heavy atom. The summed E-state index contributed by atoms with van der Waals surface area (Å²) in [5.41, 5.74) is 2.81. The highest BCUT2D eigenvalue weighted by Gasteiger charge is 2.09. The van der Waals surface area contributed by atoms with E-state index < -0.39 is 0 Å². The minimum atomic E-state index is 0.0798. The molecule has 0 saturated heterocycles. The number of halogens is 1. The van der Waals surface area contributed by atoms with Gasteiger partial charge in [-0.05, 0) is 36.4 Å². The molecule has 4 heteroatoms.